The average molecular weight is 585 g/mol. The molecule has 0 atom stereocenters. The fourth-order valence-electron chi connectivity index (χ4n) is 6.88. The predicted molar refractivity (Wildman–Crippen MR) is 185 cm³/mol. The maximum Gasteiger partial charge on any atom is 0.135 e. The SMILES string of the molecule is CC1(C)c2ccc(N(c3ccccc3)c3ccc4oc5ccccc5c4c3)cc2-c2cc3sc(-c4ccccc4)nc3cc21. The highest BCUT2D eigenvalue weighted by Crippen LogP contribution is 2.52. The molecule has 2 heterocycles. The van der Waals surface area contributed by atoms with Crippen molar-refractivity contribution in [3.05, 3.63) is 145 Å². The van der Waals surface area contributed by atoms with Crippen molar-refractivity contribution in [3.8, 4) is 21.7 Å². The second-order valence-electron chi connectivity index (χ2n) is 12.1. The smallest absolute Gasteiger partial charge is 0.135 e. The van der Waals surface area contributed by atoms with Crippen LogP contribution in [0, 0.1) is 0 Å². The van der Waals surface area contributed by atoms with Gasteiger partial charge in [0.05, 0.1) is 10.2 Å². The summed E-state index contributed by atoms with van der Waals surface area (Å²) in [5.41, 5.74) is 12.5. The molecule has 0 aliphatic heterocycles. The lowest BCUT2D eigenvalue weighted by Gasteiger charge is -2.27. The molecule has 4 heteroatoms. The van der Waals surface area contributed by atoms with Crippen molar-refractivity contribution in [1.82, 2.24) is 4.98 Å². The third-order valence-electron chi connectivity index (χ3n) is 9.08. The van der Waals surface area contributed by atoms with E-state index in [1.807, 2.05) is 12.1 Å². The summed E-state index contributed by atoms with van der Waals surface area (Å²) in [5, 5.41) is 3.31. The maximum atomic E-state index is 6.16. The zero-order chi connectivity index (χ0) is 29.4. The Hall–Kier alpha value is -5.19. The Morgan fingerprint density at radius 1 is 0.591 bits per heavy atom. The molecular weight excluding hydrogens is 557 g/mol. The average Bonchev–Trinajstić information content (AvgIpc) is 3.71. The van der Waals surface area contributed by atoms with Gasteiger partial charge in [-0.05, 0) is 82.9 Å². The van der Waals surface area contributed by atoms with Gasteiger partial charge in [0.25, 0.3) is 0 Å². The predicted octanol–water partition coefficient (Wildman–Crippen LogP) is 11.6. The molecule has 1 aliphatic carbocycles. The highest BCUT2D eigenvalue weighted by atomic mass is 32.1. The number of aromatic nitrogens is 1. The van der Waals surface area contributed by atoms with E-state index >= 15 is 0 Å². The summed E-state index contributed by atoms with van der Waals surface area (Å²) in [6.45, 7) is 4.67. The fraction of sp³-hybridized carbons (Fsp3) is 0.0750. The second kappa shape index (κ2) is 9.40. The normalized spacial score (nSPS) is 13.4. The van der Waals surface area contributed by atoms with E-state index in [2.05, 4.69) is 140 Å². The van der Waals surface area contributed by atoms with Crippen molar-refractivity contribution in [1.29, 1.82) is 0 Å². The number of hydrogen-bond acceptors (Lipinski definition) is 4. The highest BCUT2D eigenvalue weighted by molar-refractivity contribution is 7.21. The van der Waals surface area contributed by atoms with Crippen LogP contribution in [0.2, 0.25) is 0 Å². The van der Waals surface area contributed by atoms with Crippen LogP contribution in [0.1, 0.15) is 25.0 Å². The van der Waals surface area contributed by atoms with Crippen LogP contribution in [0.4, 0.5) is 17.1 Å². The molecule has 0 bridgehead atoms. The Labute approximate surface area is 259 Å². The maximum absolute atomic E-state index is 6.16. The largest absolute Gasteiger partial charge is 0.456 e. The number of thiazole rings is 1. The summed E-state index contributed by atoms with van der Waals surface area (Å²) in [5.74, 6) is 0. The van der Waals surface area contributed by atoms with Gasteiger partial charge in [0.15, 0.2) is 0 Å². The first-order valence-electron chi connectivity index (χ1n) is 15.0. The van der Waals surface area contributed by atoms with Gasteiger partial charge < -0.3 is 9.32 Å². The van der Waals surface area contributed by atoms with Gasteiger partial charge in [0.2, 0.25) is 0 Å². The number of fused-ring (bicyclic) bond motifs is 7. The summed E-state index contributed by atoms with van der Waals surface area (Å²) >= 11 is 1.77. The number of benzene rings is 6. The van der Waals surface area contributed by atoms with Crippen LogP contribution in [0.3, 0.4) is 0 Å². The summed E-state index contributed by atoms with van der Waals surface area (Å²) in [6.07, 6.45) is 0. The van der Waals surface area contributed by atoms with Gasteiger partial charge in [0, 0.05) is 38.8 Å². The minimum absolute atomic E-state index is 0.125. The van der Waals surface area contributed by atoms with E-state index in [4.69, 9.17) is 9.40 Å². The number of nitrogens with zero attached hydrogens (tertiary/aromatic N) is 2. The Morgan fingerprint density at radius 2 is 1.27 bits per heavy atom. The molecule has 9 rings (SSSR count). The van der Waals surface area contributed by atoms with Crippen molar-refractivity contribution in [2.24, 2.45) is 0 Å². The van der Waals surface area contributed by atoms with E-state index < -0.39 is 0 Å². The lowest BCUT2D eigenvalue weighted by molar-refractivity contribution is 0.661. The molecule has 210 valence electrons. The molecule has 0 saturated carbocycles. The van der Waals surface area contributed by atoms with Crippen LogP contribution in [-0.4, -0.2) is 4.98 Å². The van der Waals surface area contributed by atoms with Crippen molar-refractivity contribution in [2.75, 3.05) is 4.90 Å². The van der Waals surface area contributed by atoms with Gasteiger partial charge in [-0.3, -0.25) is 0 Å². The first kappa shape index (κ1) is 25.3. The van der Waals surface area contributed by atoms with E-state index in [0.717, 1.165) is 55.1 Å². The third-order valence-corrected chi connectivity index (χ3v) is 10.1. The van der Waals surface area contributed by atoms with Gasteiger partial charge >= 0.3 is 0 Å². The molecule has 0 amide bonds. The molecule has 8 aromatic rings. The minimum atomic E-state index is -0.125. The lowest BCUT2D eigenvalue weighted by Crippen LogP contribution is -2.15. The number of para-hydroxylation sites is 2. The summed E-state index contributed by atoms with van der Waals surface area (Å²) in [4.78, 5) is 7.41. The van der Waals surface area contributed by atoms with Crippen molar-refractivity contribution in [3.63, 3.8) is 0 Å². The molecule has 6 aromatic carbocycles. The molecule has 44 heavy (non-hydrogen) atoms. The fourth-order valence-corrected chi connectivity index (χ4v) is 7.87. The first-order valence-corrected chi connectivity index (χ1v) is 15.8. The highest BCUT2D eigenvalue weighted by Gasteiger charge is 2.36. The number of furan rings is 1. The van der Waals surface area contributed by atoms with Crippen molar-refractivity contribution in [2.45, 2.75) is 19.3 Å². The van der Waals surface area contributed by atoms with Crippen LogP contribution in [0.25, 0.3) is 53.9 Å². The second-order valence-corrected chi connectivity index (χ2v) is 13.1. The molecule has 1 aliphatic rings. The standard InChI is InChI=1S/C40H28N2OS/c1-40(2)33-19-17-27(21-30(33)31-23-38-35(24-34(31)40)41-39(44-38)25-11-5-3-6-12-25)42(26-13-7-4-8-14-26)28-18-20-37-32(22-28)29-15-9-10-16-36(29)43-37/h3-24H,1-2H3. The first-order chi connectivity index (χ1) is 21.5. The van der Waals surface area contributed by atoms with Gasteiger partial charge in [-0.25, -0.2) is 4.98 Å². The molecule has 0 fully saturated rings. The minimum Gasteiger partial charge on any atom is -0.456 e. The Bertz CT molecular complexity index is 2370. The van der Waals surface area contributed by atoms with Gasteiger partial charge in [0.1, 0.15) is 16.2 Å². The molecule has 0 spiro atoms. The monoisotopic (exact) mass is 584 g/mol. The Kier molecular flexibility index (Phi) is 5.41. The van der Waals surface area contributed by atoms with E-state index in [9.17, 15) is 0 Å². The zero-order valence-corrected chi connectivity index (χ0v) is 25.2. The number of hydrogen-bond donors (Lipinski definition) is 0. The lowest BCUT2D eigenvalue weighted by atomic mass is 9.82. The van der Waals surface area contributed by atoms with E-state index in [-0.39, 0.29) is 5.41 Å². The molecule has 0 saturated heterocycles. The van der Waals surface area contributed by atoms with Crippen molar-refractivity contribution >= 4 is 60.6 Å². The zero-order valence-electron chi connectivity index (χ0n) is 24.4. The molecule has 0 radical (unpaired) electrons. The summed E-state index contributed by atoms with van der Waals surface area (Å²) < 4.78 is 7.38. The van der Waals surface area contributed by atoms with Crippen molar-refractivity contribution < 1.29 is 4.42 Å². The van der Waals surface area contributed by atoms with Gasteiger partial charge in [-0.2, -0.15) is 0 Å². The van der Waals surface area contributed by atoms with E-state index in [1.165, 1.54) is 27.0 Å². The van der Waals surface area contributed by atoms with Crippen LogP contribution in [0.15, 0.2) is 138 Å². The Morgan fingerprint density at radius 3 is 2.11 bits per heavy atom. The summed E-state index contributed by atoms with van der Waals surface area (Å²) in [6, 6.07) is 47.5. The third kappa shape index (κ3) is 3.78. The van der Waals surface area contributed by atoms with Gasteiger partial charge in [-0.1, -0.05) is 86.6 Å². The molecular formula is C40H28N2OS. The van der Waals surface area contributed by atoms with E-state index in [1.54, 1.807) is 11.3 Å². The van der Waals surface area contributed by atoms with E-state index in [0.29, 0.717) is 0 Å². The molecule has 2 aromatic heterocycles. The number of anilines is 3. The van der Waals surface area contributed by atoms with Crippen LogP contribution in [-0.2, 0) is 5.41 Å². The quantitative estimate of drug-likeness (QED) is 0.206. The molecule has 3 nitrogen and oxygen atoms in total. The van der Waals surface area contributed by atoms with Crippen LogP contribution in [0.5, 0.6) is 0 Å². The molecule has 0 unspecified atom stereocenters. The van der Waals surface area contributed by atoms with Crippen LogP contribution >= 0.6 is 11.3 Å². The Balaban J connectivity index is 1.22. The number of rotatable bonds is 4. The van der Waals surface area contributed by atoms with Crippen LogP contribution < -0.4 is 4.90 Å². The molecule has 0 N–H and O–H groups in total. The summed E-state index contributed by atoms with van der Waals surface area (Å²) in [7, 11) is 0. The van der Waals surface area contributed by atoms with Gasteiger partial charge in [-0.15, -0.1) is 11.3 Å². The topological polar surface area (TPSA) is 29.3 Å².